The Bertz CT molecular complexity index is 512. The molecule has 3 nitrogen and oxygen atoms in total. The predicted molar refractivity (Wildman–Crippen MR) is 71.1 cm³/mol. The van der Waals surface area contributed by atoms with Crippen LogP contribution >= 0.6 is 0 Å². The van der Waals surface area contributed by atoms with E-state index in [9.17, 15) is 10.2 Å². The topological polar surface area (TPSA) is 49.7 Å². The third-order valence-corrected chi connectivity index (χ3v) is 2.77. The molecular weight excluding hydrogens is 228 g/mol. The number of benzene rings is 1. The molecule has 3 heteroatoms. The second-order valence-electron chi connectivity index (χ2n) is 4.23. The molecule has 0 heterocycles. The maximum Gasteiger partial charge on any atom is 0.118 e. The van der Waals surface area contributed by atoms with Crippen LogP contribution in [0.1, 0.15) is 12.0 Å². The fourth-order valence-electron chi connectivity index (χ4n) is 1.90. The van der Waals surface area contributed by atoms with Crippen LogP contribution in [0.15, 0.2) is 54.0 Å². The van der Waals surface area contributed by atoms with Crippen LogP contribution in [0.2, 0.25) is 0 Å². The number of aliphatic hydroxyl groups is 1. The summed E-state index contributed by atoms with van der Waals surface area (Å²) < 4.78 is 5.11. The van der Waals surface area contributed by atoms with Crippen LogP contribution < -0.4 is 0 Å². The van der Waals surface area contributed by atoms with Gasteiger partial charge in [-0.15, -0.1) is 0 Å². The number of allylic oxidation sites excluding steroid dienone is 4. The van der Waals surface area contributed by atoms with Crippen molar-refractivity contribution in [2.75, 3.05) is 7.11 Å². The standard InChI is InChI=1S/C15H16O3/c1-18-15-9-12(8-14(17)10-15)6-5-11-3-2-4-13(16)7-11/h2-7,9-10,12,16-17H,8H2,1H3. The molecule has 0 bridgehead atoms. The van der Waals surface area contributed by atoms with Gasteiger partial charge in [-0.3, -0.25) is 0 Å². The first-order valence-corrected chi connectivity index (χ1v) is 5.80. The fourth-order valence-corrected chi connectivity index (χ4v) is 1.90. The zero-order valence-electron chi connectivity index (χ0n) is 10.2. The highest BCUT2D eigenvalue weighted by molar-refractivity contribution is 5.52. The Hall–Kier alpha value is -2.16. The predicted octanol–water partition coefficient (Wildman–Crippen LogP) is 3.40. The molecule has 0 aliphatic heterocycles. The molecule has 0 amide bonds. The van der Waals surface area contributed by atoms with Gasteiger partial charge in [0, 0.05) is 18.4 Å². The summed E-state index contributed by atoms with van der Waals surface area (Å²) in [6.07, 6.45) is 8.06. The second kappa shape index (κ2) is 5.45. The van der Waals surface area contributed by atoms with E-state index in [0.717, 1.165) is 5.56 Å². The highest BCUT2D eigenvalue weighted by Gasteiger charge is 2.12. The number of phenols is 1. The number of methoxy groups -OCH3 is 1. The molecule has 94 valence electrons. The minimum absolute atomic E-state index is 0.104. The number of aliphatic hydroxyl groups excluding tert-OH is 1. The van der Waals surface area contributed by atoms with Gasteiger partial charge in [-0.25, -0.2) is 0 Å². The average Bonchev–Trinajstić information content (AvgIpc) is 2.36. The van der Waals surface area contributed by atoms with E-state index in [1.54, 1.807) is 31.4 Å². The molecule has 0 fully saturated rings. The van der Waals surface area contributed by atoms with E-state index >= 15 is 0 Å². The van der Waals surface area contributed by atoms with E-state index < -0.39 is 0 Å². The first kappa shape index (κ1) is 12.3. The van der Waals surface area contributed by atoms with Crippen LogP contribution in [0.4, 0.5) is 0 Å². The molecule has 0 spiro atoms. The van der Waals surface area contributed by atoms with Crippen molar-refractivity contribution >= 4 is 6.08 Å². The molecule has 0 radical (unpaired) electrons. The summed E-state index contributed by atoms with van der Waals surface area (Å²) in [6, 6.07) is 7.03. The van der Waals surface area contributed by atoms with Crippen LogP contribution in [-0.4, -0.2) is 17.3 Å². The van der Waals surface area contributed by atoms with Crippen LogP contribution in [0.3, 0.4) is 0 Å². The van der Waals surface area contributed by atoms with Gasteiger partial charge in [0.15, 0.2) is 0 Å². The molecule has 0 saturated heterocycles. The number of rotatable bonds is 3. The molecule has 1 aromatic rings. The van der Waals surface area contributed by atoms with Crippen LogP contribution in [0.5, 0.6) is 5.75 Å². The first-order chi connectivity index (χ1) is 8.67. The number of hydrogen-bond donors (Lipinski definition) is 2. The summed E-state index contributed by atoms with van der Waals surface area (Å²) in [4.78, 5) is 0. The van der Waals surface area contributed by atoms with Crippen LogP contribution in [-0.2, 0) is 4.74 Å². The lowest BCUT2D eigenvalue weighted by molar-refractivity contribution is 0.287. The van der Waals surface area contributed by atoms with E-state index in [1.807, 2.05) is 24.3 Å². The first-order valence-electron chi connectivity index (χ1n) is 5.80. The Kier molecular flexibility index (Phi) is 3.72. The monoisotopic (exact) mass is 244 g/mol. The van der Waals surface area contributed by atoms with Crippen molar-refractivity contribution in [2.45, 2.75) is 6.42 Å². The van der Waals surface area contributed by atoms with Gasteiger partial charge in [0.25, 0.3) is 0 Å². The quantitative estimate of drug-likeness (QED) is 0.856. The number of aromatic hydroxyl groups is 1. The Morgan fingerprint density at radius 2 is 2.17 bits per heavy atom. The molecule has 1 aliphatic carbocycles. The van der Waals surface area contributed by atoms with E-state index in [1.165, 1.54) is 0 Å². The maximum absolute atomic E-state index is 9.59. The SMILES string of the molecule is COC1=CC(C=Cc2cccc(O)c2)CC(O)=C1. The van der Waals surface area contributed by atoms with Gasteiger partial charge in [-0.1, -0.05) is 24.3 Å². The van der Waals surface area contributed by atoms with Gasteiger partial charge in [0.05, 0.1) is 12.9 Å². The van der Waals surface area contributed by atoms with Gasteiger partial charge in [0.2, 0.25) is 0 Å². The molecule has 1 atom stereocenters. The summed E-state index contributed by atoms with van der Waals surface area (Å²) in [7, 11) is 1.58. The lowest BCUT2D eigenvalue weighted by Gasteiger charge is -2.15. The number of hydrogen-bond acceptors (Lipinski definition) is 3. The highest BCUT2D eigenvalue weighted by atomic mass is 16.5. The van der Waals surface area contributed by atoms with Crippen molar-refractivity contribution in [3.8, 4) is 5.75 Å². The lowest BCUT2D eigenvalue weighted by Crippen LogP contribution is -2.03. The zero-order valence-corrected chi connectivity index (χ0v) is 10.2. The van der Waals surface area contributed by atoms with Gasteiger partial charge in [0.1, 0.15) is 11.5 Å². The second-order valence-corrected chi connectivity index (χ2v) is 4.23. The number of ether oxygens (including phenoxy) is 1. The van der Waals surface area contributed by atoms with Gasteiger partial charge >= 0.3 is 0 Å². The Balaban J connectivity index is 2.10. The summed E-state index contributed by atoms with van der Waals surface area (Å²) >= 11 is 0. The maximum atomic E-state index is 9.59. The summed E-state index contributed by atoms with van der Waals surface area (Å²) in [5.41, 5.74) is 0.927. The molecule has 2 rings (SSSR count). The number of phenolic OH excluding ortho intramolecular Hbond substituents is 1. The molecule has 1 aromatic carbocycles. The minimum Gasteiger partial charge on any atom is -0.512 e. The molecule has 18 heavy (non-hydrogen) atoms. The Labute approximate surface area is 106 Å². The molecular formula is C15H16O3. The van der Waals surface area contributed by atoms with Crippen molar-refractivity contribution in [3.05, 3.63) is 59.6 Å². The van der Waals surface area contributed by atoms with Crippen molar-refractivity contribution in [1.82, 2.24) is 0 Å². The van der Waals surface area contributed by atoms with Crippen LogP contribution in [0.25, 0.3) is 6.08 Å². The third-order valence-electron chi connectivity index (χ3n) is 2.77. The van der Waals surface area contributed by atoms with E-state index in [0.29, 0.717) is 17.9 Å². The van der Waals surface area contributed by atoms with Crippen molar-refractivity contribution < 1.29 is 14.9 Å². The molecule has 1 unspecified atom stereocenters. The summed E-state index contributed by atoms with van der Waals surface area (Å²) in [5.74, 6) is 1.34. The minimum atomic E-state index is 0.104. The Morgan fingerprint density at radius 3 is 2.89 bits per heavy atom. The van der Waals surface area contributed by atoms with Crippen LogP contribution in [0, 0.1) is 5.92 Å². The summed E-state index contributed by atoms with van der Waals surface area (Å²) in [5, 5.41) is 18.9. The van der Waals surface area contributed by atoms with E-state index in [2.05, 4.69) is 0 Å². The normalized spacial score (nSPS) is 19.5. The molecule has 0 aromatic heterocycles. The Morgan fingerprint density at radius 1 is 1.33 bits per heavy atom. The molecule has 2 N–H and O–H groups in total. The van der Waals surface area contributed by atoms with Gasteiger partial charge in [-0.05, 0) is 23.8 Å². The third kappa shape index (κ3) is 3.17. The van der Waals surface area contributed by atoms with Crippen molar-refractivity contribution in [1.29, 1.82) is 0 Å². The molecule has 1 aliphatic rings. The average molecular weight is 244 g/mol. The summed E-state index contributed by atoms with van der Waals surface area (Å²) in [6.45, 7) is 0. The zero-order chi connectivity index (χ0) is 13.0. The largest absolute Gasteiger partial charge is 0.512 e. The molecule has 0 saturated carbocycles. The van der Waals surface area contributed by atoms with Crippen molar-refractivity contribution in [3.63, 3.8) is 0 Å². The van der Waals surface area contributed by atoms with Gasteiger partial charge < -0.3 is 14.9 Å². The smallest absolute Gasteiger partial charge is 0.118 e. The highest BCUT2D eigenvalue weighted by Crippen LogP contribution is 2.23. The van der Waals surface area contributed by atoms with Gasteiger partial charge in [-0.2, -0.15) is 0 Å². The fraction of sp³-hybridized carbons (Fsp3) is 0.200. The lowest BCUT2D eigenvalue weighted by atomic mass is 9.97. The van der Waals surface area contributed by atoms with Crippen molar-refractivity contribution in [2.24, 2.45) is 5.92 Å². The van der Waals surface area contributed by atoms with E-state index in [-0.39, 0.29) is 11.7 Å². The van der Waals surface area contributed by atoms with E-state index in [4.69, 9.17) is 4.74 Å².